The lowest BCUT2D eigenvalue weighted by molar-refractivity contribution is -0.346. The average molecular weight is 417 g/mol. The zero-order valence-electron chi connectivity index (χ0n) is 11.7. The van der Waals surface area contributed by atoms with E-state index in [9.17, 15) is 43.9 Å². The van der Waals surface area contributed by atoms with Gasteiger partial charge in [-0.05, 0) is 18.9 Å². The van der Waals surface area contributed by atoms with Crippen LogP contribution in [-0.2, 0) is 0 Å². The summed E-state index contributed by atoms with van der Waals surface area (Å²) in [6, 6.07) is 0. The van der Waals surface area contributed by atoms with Crippen LogP contribution in [0, 0.1) is 0 Å². The van der Waals surface area contributed by atoms with E-state index >= 15 is 0 Å². The Hall–Kier alpha value is -0.380. The normalized spacial score (nSPS) is 19.3. The largest absolute Gasteiger partial charge is 0.432 e. The smallest absolute Gasteiger partial charge is 0.247 e. The third-order valence-corrected chi connectivity index (χ3v) is 3.69. The monoisotopic (exact) mass is 416 g/mol. The van der Waals surface area contributed by atoms with Gasteiger partial charge in [0.15, 0.2) is 0 Å². The Morgan fingerprint density at radius 1 is 0.833 bits per heavy atom. The standard InChI is InChI=1S/C12H12Cl2F10/c13-5-2-1-3-10(18,19)9(17,7-15)11(20,21)8(16,4-6-14)12(22,23)24/h4,6H,1-3,5,7H2. The van der Waals surface area contributed by atoms with E-state index in [4.69, 9.17) is 11.6 Å². The van der Waals surface area contributed by atoms with Gasteiger partial charge in [-0.3, -0.25) is 0 Å². The van der Waals surface area contributed by atoms with Crippen LogP contribution >= 0.6 is 23.2 Å². The molecule has 0 saturated carbocycles. The summed E-state index contributed by atoms with van der Waals surface area (Å²) < 4.78 is 134. The zero-order chi connectivity index (χ0) is 19.4. The molecule has 0 aliphatic rings. The van der Waals surface area contributed by atoms with Crippen molar-refractivity contribution in [1.82, 2.24) is 0 Å². The topological polar surface area (TPSA) is 0 Å². The lowest BCUT2D eigenvalue weighted by Gasteiger charge is -2.43. The summed E-state index contributed by atoms with van der Waals surface area (Å²) in [5.41, 5.74) is -12.1. The Labute approximate surface area is 140 Å². The van der Waals surface area contributed by atoms with Gasteiger partial charge in [0, 0.05) is 17.8 Å². The van der Waals surface area contributed by atoms with Crippen molar-refractivity contribution in [2.45, 2.75) is 48.6 Å². The molecule has 0 aromatic rings. The molecular weight excluding hydrogens is 405 g/mol. The second-order valence-electron chi connectivity index (χ2n) is 4.86. The van der Waals surface area contributed by atoms with Crippen LogP contribution in [0.5, 0.6) is 0 Å². The van der Waals surface area contributed by atoms with Crippen LogP contribution in [0.2, 0.25) is 0 Å². The molecule has 0 amide bonds. The van der Waals surface area contributed by atoms with Gasteiger partial charge in [0.05, 0.1) is 0 Å². The molecule has 0 aromatic heterocycles. The summed E-state index contributed by atoms with van der Waals surface area (Å²) in [5.74, 6) is -12.0. The summed E-state index contributed by atoms with van der Waals surface area (Å²) in [6.07, 6.45) is -10.3. The lowest BCUT2D eigenvalue weighted by Crippen LogP contribution is -2.70. The van der Waals surface area contributed by atoms with Gasteiger partial charge in [-0.1, -0.05) is 11.6 Å². The molecule has 0 heterocycles. The Kier molecular flexibility index (Phi) is 7.76. The third-order valence-electron chi connectivity index (χ3n) is 3.30. The maximum absolute atomic E-state index is 14.1. The quantitative estimate of drug-likeness (QED) is 0.233. The van der Waals surface area contributed by atoms with Gasteiger partial charge in [-0.15, -0.1) is 11.6 Å². The summed E-state index contributed by atoms with van der Waals surface area (Å²) in [4.78, 5) is 0. The minimum Gasteiger partial charge on any atom is -0.247 e. The van der Waals surface area contributed by atoms with Gasteiger partial charge in [0.25, 0.3) is 17.3 Å². The van der Waals surface area contributed by atoms with Crippen molar-refractivity contribution in [3.05, 3.63) is 11.6 Å². The predicted octanol–water partition coefficient (Wildman–Crippen LogP) is 6.37. The number of hydrogen-bond donors (Lipinski definition) is 0. The average Bonchev–Trinajstić information content (AvgIpc) is 2.44. The zero-order valence-corrected chi connectivity index (χ0v) is 13.2. The van der Waals surface area contributed by atoms with Crippen molar-refractivity contribution in [1.29, 1.82) is 0 Å². The maximum Gasteiger partial charge on any atom is 0.432 e. The van der Waals surface area contributed by atoms with Crippen molar-refractivity contribution in [2.24, 2.45) is 0 Å². The first kappa shape index (κ1) is 23.6. The van der Waals surface area contributed by atoms with E-state index in [0.717, 1.165) is 0 Å². The molecule has 0 radical (unpaired) electrons. The van der Waals surface area contributed by atoms with Crippen LogP contribution < -0.4 is 0 Å². The molecule has 0 aliphatic heterocycles. The van der Waals surface area contributed by atoms with E-state index in [2.05, 4.69) is 11.6 Å². The fourth-order valence-corrected chi connectivity index (χ4v) is 2.17. The molecule has 144 valence electrons. The molecule has 0 aliphatic carbocycles. The molecule has 0 nitrogen and oxygen atoms in total. The van der Waals surface area contributed by atoms with E-state index in [1.165, 1.54) is 0 Å². The van der Waals surface area contributed by atoms with Crippen molar-refractivity contribution in [2.75, 3.05) is 12.6 Å². The van der Waals surface area contributed by atoms with Crippen LogP contribution in [0.3, 0.4) is 0 Å². The number of halogens is 12. The summed E-state index contributed by atoms with van der Waals surface area (Å²) >= 11 is 9.78. The van der Waals surface area contributed by atoms with Gasteiger partial charge in [-0.25, -0.2) is 22.0 Å². The predicted molar refractivity (Wildman–Crippen MR) is 69.2 cm³/mol. The van der Waals surface area contributed by atoms with Crippen LogP contribution in [0.4, 0.5) is 43.9 Å². The van der Waals surface area contributed by atoms with E-state index in [1.54, 1.807) is 0 Å². The number of unbranched alkanes of at least 4 members (excludes halogenated alkanes) is 1. The van der Waals surface area contributed by atoms with Crippen LogP contribution in [0.15, 0.2) is 11.6 Å². The molecule has 0 spiro atoms. The molecule has 24 heavy (non-hydrogen) atoms. The maximum atomic E-state index is 14.1. The van der Waals surface area contributed by atoms with Crippen molar-refractivity contribution < 1.29 is 43.9 Å². The molecule has 2 atom stereocenters. The first-order valence-corrected chi connectivity index (χ1v) is 7.25. The fraction of sp³-hybridized carbons (Fsp3) is 0.833. The van der Waals surface area contributed by atoms with Gasteiger partial charge >= 0.3 is 12.1 Å². The number of rotatable bonds is 9. The van der Waals surface area contributed by atoms with Crippen LogP contribution in [0.25, 0.3) is 0 Å². The van der Waals surface area contributed by atoms with E-state index in [0.29, 0.717) is 0 Å². The molecule has 0 bridgehead atoms. The Morgan fingerprint density at radius 2 is 1.33 bits per heavy atom. The summed E-state index contributed by atoms with van der Waals surface area (Å²) in [6.45, 7) is -3.26. The molecule has 0 aromatic carbocycles. The van der Waals surface area contributed by atoms with Crippen LogP contribution in [0.1, 0.15) is 19.3 Å². The molecule has 0 N–H and O–H groups in total. The number of alkyl halides is 11. The van der Waals surface area contributed by atoms with Crippen molar-refractivity contribution in [3.63, 3.8) is 0 Å². The Balaban J connectivity index is 6.14. The number of hydrogen-bond acceptors (Lipinski definition) is 0. The van der Waals surface area contributed by atoms with E-state index < -0.39 is 55.0 Å². The van der Waals surface area contributed by atoms with Crippen LogP contribution in [-0.4, -0.2) is 41.9 Å². The van der Waals surface area contributed by atoms with Gasteiger partial charge in [0.1, 0.15) is 6.67 Å². The number of allylic oxidation sites excluding steroid dienone is 1. The summed E-state index contributed by atoms with van der Waals surface area (Å²) in [7, 11) is 0. The minimum atomic E-state index is -6.54. The van der Waals surface area contributed by atoms with Crippen molar-refractivity contribution in [3.8, 4) is 0 Å². The van der Waals surface area contributed by atoms with Gasteiger partial charge in [-0.2, -0.15) is 22.0 Å². The minimum absolute atomic E-state index is 0.229. The van der Waals surface area contributed by atoms with E-state index in [-0.39, 0.29) is 17.8 Å². The third kappa shape index (κ3) is 3.89. The lowest BCUT2D eigenvalue weighted by atomic mass is 9.79. The first-order valence-electron chi connectivity index (χ1n) is 6.28. The molecule has 0 saturated heterocycles. The molecule has 0 rings (SSSR count). The molecule has 0 fully saturated rings. The molecule has 12 heteroatoms. The highest BCUT2D eigenvalue weighted by molar-refractivity contribution is 6.25. The molecular formula is C12H12Cl2F10. The summed E-state index contributed by atoms with van der Waals surface area (Å²) in [5, 5.41) is 0. The van der Waals surface area contributed by atoms with Gasteiger partial charge in [0.2, 0.25) is 0 Å². The second-order valence-corrected chi connectivity index (χ2v) is 5.49. The van der Waals surface area contributed by atoms with Gasteiger partial charge < -0.3 is 0 Å². The molecule has 2 unspecified atom stereocenters. The SMILES string of the molecule is FCC(F)(C(F)(F)CCCCCl)C(F)(F)C(F)(C=CCl)C(F)(F)F. The van der Waals surface area contributed by atoms with E-state index in [1.807, 2.05) is 0 Å². The first-order chi connectivity index (χ1) is 10.7. The fourth-order valence-electron chi connectivity index (χ4n) is 1.80. The Morgan fingerprint density at radius 3 is 1.67 bits per heavy atom. The highest BCUT2D eigenvalue weighted by Gasteiger charge is 2.83. The van der Waals surface area contributed by atoms with Crippen molar-refractivity contribution >= 4 is 23.2 Å². The highest BCUT2D eigenvalue weighted by Crippen LogP contribution is 2.57. The Bertz CT molecular complexity index is 436. The highest BCUT2D eigenvalue weighted by atomic mass is 35.5. The second kappa shape index (κ2) is 7.88.